The number of hydrogen-bond donors (Lipinski definition) is 0. The van der Waals surface area contributed by atoms with Crippen molar-refractivity contribution in [2.24, 2.45) is 0 Å². The lowest BCUT2D eigenvalue weighted by Crippen LogP contribution is -2.32. The van der Waals surface area contributed by atoms with Gasteiger partial charge in [0.25, 0.3) is 5.69 Å². The van der Waals surface area contributed by atoms with Gasteiger partial charge in [0.2, 0.25) is 0 Å². The molecule has 0 aliphatic heterocycles. The molecule has 1 aromatic carbocycles. The lowest BCUT2D eigenvalue weighted by Gasteiger charge is -1.99. The minimum Gasteiger partial charge on any atom is -0.691 e. The molecule has 0 unspecified atom stereocenters. The van der Waals surface area contributed by atoms with Crippen molar-refractivity contribution in [3.63, 3.8) is 0 Å². The summed E-state index contributed by atoms with van der Waals surface area (Å²) in [6, 6.07) is 3.93. The number of rotatable bonds is 1. The summed E-state index contributed by atoms with van der Waals surface area (Å²) in [6.45, 7) is 0. The molecule has 0 atom stereocenters. The van der Waals surface area contributed by atoms with Gasteiger partial charge in [0.1, 0.15) is 5.21 Å². The van der Waals surface area contributed by atoms with Crippen LogP contribution < -0.4 is 4.85 Å². The zero-order chi connectivity index (χ0) is 10.1. The average Bonchev–Trinajstić information content (AvgIpc) is 2.18. The number of non-ortho nitro benzene ring substituents is 1. The van der Waals surface area contributed by atoms with Gasteiger partial charge in [0.15, 0.2) is 11.7 Å². The Morgan fingerprint density at radius 2 is 2.21 bits per heavy atom. The summed E-state index contributed by atoms with van der Waals surface area (Å²) in [6.07, 6.45) is 1.37. The second-order valence-electron chi connectivity index (χ2n) is 2.61. The monoisotopic (exact) mass is 192 g/mol. The number of benzene rings is 1. The SMILES string of the molecule is O=[N+]([O-])c1ccc2cnn[n+]([O-])c2c1. The number of hydrogen-bond acceptors (Lipinski definition) is 5. The zero-order valence-corrected chi connectivity index (χ0v) is 6.82. The number of fused-ring (bicyclic) bond motifs is 1. The molecule has 0 saturated heterocycles. The standard InChI is InChI=1S/C7H4N4O3/c12-10-7-3-6(11(13)14)2-1-5(7)4-8-9-10/h1-4H. The molecule has 0 radical (unpaired) electrons. The Bertz CT molecular complexity index is 513. The van der Waals surface area contributed by atoms with E-state index in [1.54, 1.807) is 0 Å². The molecular formula is C7H4N4O3. The molecule has 70 valence electrons. The Labute approximate surface area is 77.3 Å². The Morgan fingerprint density at radius 1 is 1.43 bits per heavy atom. The minimum atomic E-state index is -0.570. The van der Waals surface area contributed by atoms with Crippen molar-refractivity contribution in [1.29, 1.82) is 0 Å². The minimum absolute atomic E-state index is 0.134. The molecule has 0 aliphatic rings. The average molecular weight is 192 g/mol. The molecule has 7 heteroatoms. The van der Waals surface area contributed by atoms with Crippen LogP contribution in [0.25, 0.3) is 10.9 Å². The van der Waals surface area contributed by atoms with Crippen molar-refractivity contribution >= 4 is 16.6 Å². The van der Waals surface area contributed by atoms with Crippen LogP contribution >= 0.6 is 0 Å². The first-order valence-electron chi connectivity index (χ1n) is 3.68. The van der Waals surface area contributed by atoms with E-state index in [9.17, 15) is 15.3 Å². The summed E-state index contributed by atoms with van der Waals surface area (Å²) in [5, 5.41) is 28.6. The maximum Gasteiger partial charge on any atom is 0.273 e. The van der Waals surface area contributed by atoms with E-state index >= 15 is 0 Å². The number of nitrogens with zero attached hydrogens (tertiary/aromatic N) is 4. The summed E-state index contributed by atoms with van der Waals surface area (Å²) >= 11 is 0. The van der Waals surface area contributed by atoms with Crippen molar-refractivity contribution in [1.82, 2.24) is 10.3 Å². The van der Waals surface area contributed by atoms with Crippen LogP contribution in [-0.2, 0) is 0 Å². The molecule has 2 rings (SSSR count). The van der Waals surface area contributed by atoms with Gasteiger partial charge in [-0.3, -0.25) is 10.1 Å². The van der Waals surface area contributed by atoms with Crippen LogP contribution in [0.3, 0.4) is 0 Å². The van der Waals surface area contributed by atoms with Gasteiger partial charge in [-0.1, -0.05) is 0 Å². The van der Waals surface area contributed by atoms with E-state index in [1.807, 2.05) is 0 Å². The third kappa shape index (κ3) is 1.20. The quantitative estimate of drug-likeness (QED) is 0.277. The Kier molecular flexibility index (Phi) is 1.70. The highest BCUT2D eigenvalue weighted by molar-refractivity contribution is 5.76. The highest BCUT2D eigenvalue weighted by atomic mass is 16.6. The van der Waals surface area contributed by atoms with Crippen LogP contribution in [0.1, 0.15) is 0 Å². The number of nitro benzene ring substituents is 1. The predicted octanol–water partition coefficient (Wildman–Crippen LogP) is 0.171. The fraction of sp³-hybridized carbons (Fsp3) is 0. The Balaban J connectivity index is 2.76. The van der Waals surface area contributed by atoms with Gasteiger partial charge >= 0.3 is 0 Å². The largest absolute Gasteiger partial charge is 0.691 e. The van der Waals surface area contributed by atoms with Crippen molar-refractivity contribution in [3.8, 4) is 0 Å². The van der Waals surface area contributed by atoms with Crippen molar-refractivity contribution in [2.75, 3.05) is 0 Å². The first kappa shape index (κ1) is 8.30. The van der Waals surface area contributed by atoms with Gasteiger partial charge in [0, 0.05) is 6.07 Å². The van der Waals surface area contributed by atoms with Crippen LogP contribution in [0.2, 0.25) is 0 Å². The van der Waals surface area contributed by atoms with Crippen molar-refractivity contribution < 1.29 is 9.77 Å². The van der Waals surface area contributed by atoms with Gasteiger partial charge in [-0.2, -0.15) is 0 Å². The highest BCUT2D eigenvalue weighted by Gasteiger charge is 2.10. The van der Waals surface area contributed by atoms with Crippen molar-refractivity contribution in [2.45, 2.75) is 0 Å². The molecule has 0 amide bonds. The molecule has 0 spiro atoms. The van der Waals surface area contributed by atoms with Crippen molar-refractivity contribution in [3.05, 3.63) is 39.7 Å². The van der Waals surface area contributed by atoms with E-state index in [0.29, 0.717) is 5.39 Å². The zero-order valence-electron chi connectivity index (χ0n) is 6.82. The first-order chi connectivity index (χ1) is 6.68. The predicted molar refractivity (Wildman–Crippen MR) is 45.2 cm³/mol. The molecule has 0 bridgehead atoms. The van der Waals surface area contributed by atoms with E-state index in [4.69, 9.17) is 0 Å². The van der Waals surface area contributed by atoms with Gasteiger partial charge in [-0.05, 0) is 6.07 Å². The van der Waals surface area contributed by atoms with Gasteiger partial charge in [-0.15, -0.1) is 4.85 Å². The van der Waals surface area contributed by atoms with Gasteiger partial charge < -0.3 is 5.21 Å². The normalized spacial score (nSPS) is 10.3. The lowest BCUT2D eigenvalue weighted by molar-refractivity contribution is -0.648. The second kappa shape index (κ2) is 2.87. The van der Waals surface area contributed by atoms with Gasteiger partial charge in [0.05, 0.1) is 21.5 Å². The van der Waals surface area contributed by atoms with E-state index < -0.39 is 4.92 Å². The summed E-state index contributed by atoms with van der Waals surface area (Å²) in [4.78, 5) is 10.1. The molecular weight excluding hydrogens is 188 g/mol. The van der Waals surface area contributed by atoms with E-state index in [-0.39, 0.29) is 16.0 Å². The van der Waals surface area contributed by atoms with E-state index in [0.717, 1.165) is 6.07 Å². The molecule has 1 aromatic heterocycles. The molecule has 0 fully saturated rings. The van der Waals surface area contributed by atoms with E-state index in [1.165, 1.54) is 18.3 Å². The van der Waals surface area contributed by atoms with Crippen LogP contribution in [0.15, 0.2) is 24.4 Å². The first-order valence-corrected chi connectivity index (χ1v) is 3.68. The molecule has 0 saturated carbocycles. The third-order valence-electron chi connectivity index (χ3n) is 1.76. The fourth-order valence-electron chi connectivity index (χ4n) is 1.10. The maximum atomic E-state index is 11.1. The third-order valence-corrected chi connectivity index (χ3v) is 1.76. The molecule has 2 aromatic rings. The molecule has 1 heterocycles. The topological polar surface area (TPSA) is 95.9 Å². The summed E-state index contributed by atoms with van der Waals surface area (Å²) in [5.74, 6) is 0. The molecule has 7 nitrogen and oxygen atoms in total. The maximum absolute atomic E-state index is 11.1. The Morgan fingerprint density at radius 3 is 2.93 bits per heavy atom. The van der Waals surface area contributed by atoms with E-state index in [2.05, 4.69) is 10.3 Å². The second-order valence-corrected chi connectivity index (χ2v) is 2.61. The van der Waals surface area contributed by atoms with Gasteiger partial charge in [-0.25, -0.2) is 0 Å². The van der Waals surface area contributed by atoms with Crippen LogP contribution in [0, 0.1) is 15.3 Å². The summed E-state index contributed by atoms with van der Waals surface area (Å²) in [7, 11) is 0. The van der Waals surface area contributed by atoms with Crippen LogP contribution in [0.4, 0.5) is 5.69 Å². The smallest absolute Gasteiger partial charge is 0.273 e. The summed E-state index contributed by atoms with van der Waals surface area (Å²) < 4.78 is 0. The van der Waals surface area contributed by atoms with Crippen LogP contribution in [-0.4, -0.2) is 15.2 Å². The number of aromatic nitrogens is 3. The lowest BCUT2D eigenvalue weighted by atomic mass is 10.2. The number of nitro groups is 1. The molecule has 0 N–H and O–H groups in total. The van der Waals surface area contributed by atoms with Crippen LogP contribution in [0.5, 0.6) is 0 Å². The molecule has 0 aliphatic carbocycles. The Hall–Kier alpha value is -2.31. The summed E-state index contributed by atoms with van der Waals surface area (Å²) in [5.41, 5.74) is -0.00991. The fourth-order valence-corrected chi connectivity index (χ4v) is 1.10. The highest BCUT2D eigenvalue weighted by Crippen LogP contribution is 2.16. The molecule has 14 heavy (non-hydrogen) atoms.